The van der Waals surface area contributed by atoms with Crippen molar-refractivity contribution in [3.8, 4) is 6.07 Å². The SMILES string of the molecule is C.C=CCCS(=O)(=O)c1ccc(C)cc1.C=CCN(C=C(C(=O)OC)c1occc1C(=O)OC)S(=O)(=O)c1ccc(C)cc1.CC#N.CC1=CC2CC3CN(S(=O)(=O)c4ccc(C)cc4)C=C(C)[C@@]13O2.COC(=O)/C(=C\O)c1occc1C(=O)OC.COC(=O)C(=CCl)c1occc1C(=O)OC.COC(=O)CC(=O)CC(C)=O.COC(=O)Cc1occc1C(=O)OC.COC(CCl)OC.COC=O.NCl.O.O=C=O.O=C=O.O=[Si]=O. The number of allylic oxidation sites excluding steroid dienone is 1. The second-order valence-corrected chi connectivity index (χ2v) is 34.4. The number of esters is 9. The maximum Gasteiger partial charge on any atom is 0.549 e. The van der Waals surface area contributed by atoms with Crippen LogP contribution >= 0.6 is 35.0 Å². The van der Waals surface area contributed by atoms with E-state index in [1.165, 1.54) is 148 Å². The van der Waals surface area contributed by atoms with Crippen LogP contribution in [-0.2, 0) is 164 Å². The maximum absolute atomic E-state index is 13.1. The van der Waals surface area contributed by atoms with Crippen molar-refractivity contribution in [1.29, 1.82) is 5.26 Å². The van der Waals surface area contributed by atoms with Crippen LogP contribution in [0.2, 0.25) is 0 Å². The number of methoxy groups -OCH3 is 12. The van der Waals surface area contributed by atoms with E-state index in [1.807, 2.05) is 39.8 Å². The van der Waals surface area contributed by atoms with Gasteiger partial charge in [-0.3, -0.25) is 41.5 Å². The lowest BCUT2D eigenvalue weighted by molar-refractivity contribution is -0.193. The monoisotopic (exact) mass is 2240 g/mol. The van der Waals surface area contributed by atoms with Crippen LogP contribution in [0.15, 0.2) is 221 Å². The summed E-state index contributed by atoms with van der Waals surface area (Å²) < 4.78 is 175. The van der Waals surface area contributed by atoms with Crippen molar-refractivity contribution in [2.45, 2.75) is 121 Å². The first-order valence-electron chi connectivity index (χ1n) is 41.4. The lowest BCUT2D eigenvalue weighted by Crippen LogP contribution is -2.48. The molecule has 0 amide bonds. The number of ether oxygens (including phenoxy) is 13. The Balaban J connectivity index is -0.000000393. The van der Waals surface area contributed by atoms with E-state index in [-0.39, 0.29) is 153 Å². The van der Waals surface area contributed by atoms with Crippen LogP contribution in [0.25, 0.3) is 16.7 Å². The van der Waals surface area contributed by atoms with Gasteiger partial charge in [0.2, 0.25) is 0 Å². The quantitative estimate of drug-likeness (QED) is 0.00348. The molecule has 4 aromatic heterocycles. The van der Waals surface area contributed by atoms with Crippen molar-refractivity contribution in [2.24, 2.45) is 11.2 Å². The highest BCUT2D eigenvalue weighted by molar-refractivity contribution is 7.91. The molecule has 3 aliphatic rings. The highest BCUT2D eigenvalue weighted by Crippen LogP contribution is 2.54. The van der Waals surface area contributed by atoms with Crippen LogP contribution in [0.3, 0.4) is 0 Å². The zero-order valence-corrected chi connectivity index (χ0v) is 89.9. The number of halogens is 3. The van der Waals surface area contributed by atoms with Crippen molar-refractivity contribution < 1.29 is 201 Å². The number of nitrogens with zero attached hydrogens (tertiary/aromatic N) is 3. The molecule has 47 nitrogen and oxygen atoms in total. The average molecular weight is 2250 g/mol. The van der Waals surface area contributed by atoms with E-state index in [0.29, 0.717) is 41.4 Å². The Morgan fingerprint density at radius 3 is 1.29 bits per heavy atom. The third kappa shape index (κ3) is 49.2. The summed E-state index contributed by atoms with van der Waals surface area (Å²) in [5.41, 5.74) is 5.60. The molecular weight excluding hydrogens is 2130 g/mol. The number of hydrogen-bond acceptors (Lipinski definition) is 44. The van der Waals surface area contributed by atoms with E-state index in [4.69, 9.17) is 103 Å². The number of furan rings is 4. The third-order valence-electron chi connectivity index (χ3n) is 18.4. The average Bonchev–Trinajstić information content (AvgIpc) is 1.55. The molecule has 5 N–H and O–H groups in total. The second kappa shape index (κ2) is 80.1. The number of sulfonamides is 2. The molecule has 0 saturated carbocycles. The largest absolute Gasteiger partial charge is 0.549 e. The Morgan fingerprint density at radius 2 is 0.947 bits per heavy atom. The molecule has 150 heavy (non-hydrogen) atoms. The summed E-state index contributed by atoms with van der Waals surface area (Å²) in [5.74, 6) is -5.96. The molecule has 3 aliphatic heterocycles. The van der Waals surface area contributed by atoms with Gasteiger partial charge in [0.25, 0.3) is 26.5 Å². The van der Waals surface area contributed by atoms with Crippen LogP contribution in [0.5, 0.6) is 0 Å². The van der Waals surface area contributed by atoms with Gasteiger partial charge in [-0.2, -0.15) is 24.4 Å². The molecule has 824 valence electrons. The minimum atomic E-state index is -4.03. The molecule has 0 radical (unpaired) electrons. The number of nitrogens with two attached hydrogens (primary N) is 1. The van der Waals surface area contributed by atoms with E-state index in [9.17, 15) is 78.0 Å². The molecule has 2 bridgehead atoms. The van der Waals surface area contributed by atoms with E-state index >= 15 is 0 Å². The van der Waals surface area contributed by atoms with Gasteiger partial charge in [0.15, 0.2) is 39.2 Å². The van der Waals surface area contributed by atoms with Gasteiger partial charge in [-0.25, -0.2) is 64.1 Å². The van der Waals surface area contributed by atoms with Crippen molar-refractivity contribution in [3.05, 3.63) is 251 Å². The Kier molecular flexibility index (Phi) is 77.8. The number of nitriles is 1. The number of alkyl halides is 1. The van der Waals surface area contributed by atoms with E-state index in [2.05, 4.69) is 85.8 Å². The fourth-order valence-corrected chi connectivity index (χ4v) is 16.2. The standard InChI is InChI=1S/C20H21NO7S.C18H21NO3S.C11H14O2S.C10H9ClO5.C10H10O6.C9H10O5.C7H10O4.C4H9ClO2.C2H3N.C2H4O2.2CO2.CH4.ClH2N.O2Si.H2O/c1-5-11-21(29(24,25)15-8-6-14(2)7-9-15)13-17(20(23)27-4)18-16(10-12-28-18)19(22)26-3;1-12-4-6-17(7-5-12)23(20,21)19-10-14(3)18-13(2)8-16(22-18)9-15(18)11-19;1-3-4-9-14(12,13)11-7-5-10(2)6-8-11;2*1-14-9(12)6-3-4-16-8(6)7(5-11)10(13)15-2;1-12-8(10)5-7-6(3-4-14-7)9(11)13-2;1-5(8)3-6(9)4-7(10)11-2;1-6-4(3-5)7-2;1-2-3;1-4-2-3;2*2-1-3;;1-2;1-3-2;/h5-10,12-13H,1,11H2,2-4H3;4-8,10,15-16H,9,11H2,1-3H3;3,5-8H,1,4,9H2,2H3;3-5H,1-2H3;3-5,11H,1-2H3;3-4H,5H2,1-2H3;3-4H2,1-2H3;4H,3H2,1-2H3;1H3;2H,1H3;;;1H4;2H2;;1H2/b;;;;7-5-;;;;;;;;;;;/t;15?,16?,18-;;;;;;;;;;;;;;/m.0............../s1. The lowest BCUT2D eigenvalue weighted by Gasteiger charge is -2.42. The van der Waals surface area contributed by atoms with Crippen molar-refractivity contribution >= 4 is 175 Å². The molecule has 0 aliphatic carbocycles. The summed E-state index contributed by atoms with van der Waals surface area (Å²) in [6.07, 6.45) is 14.6. The number of benzene rings is 3. The summed E-state index contributed by atoms with van der Waals surface area (Å²) in [6.45, 7) is 20.3. The zero-order chi connectivity index (χ0) is 114. The molecule has 7 heterocycles. The highest BCUT2D eigenvalue weighted by Gasteiger charge is 2.57. The summed E-state index contributed by atoms with van der Waals surface area (Å²) in [6, 6.07) is 27.4. The molecular formula is C96H119Cl3N4O43S3Si. The molecule has 7 aromatic rings. The van der Waals surface area contributed by atoms with Gasteiger partial charge in [-0.05, 0) is 138 Å². The number of carbonyl (C=O) groups is 12. The maximum atomic E-state index is 13.1. The van der Waals surface area contributed by atoms with Crippen molar-refractivity contribution in [2.75, 3.05) is 110 Å². The fourth-order valence-electron chi connectivity index (χ4n) is 11.8. The summed E-state index contributed by atoms with van der Waals surface area (Å²) >= 11 is 14.9. The van der Waals surface area contributed by atoms with Crippen LogP contribution in [0, 0.1) is 38.0 Å². The van der Waals surface area contributed by atoms with Crippen LogP contribution in [0.4, 0.5) is 0 Å². The molecule has 3 aromatic carbocycles. The molecule has 1 saturated heterocycles. The summed E-state index contributed by atoms with van der Waals surface area (Å²) in [7, 11) is 3.15. The second-order valence-electron chi connectivity index (χ2n) is 27.8. The van der Waals surface area contributed by atoms with Crippen LogP contribution < -0.4 is 5.25 Å². The third-order valence-corrected chi connectivity index (χ3v) is 24.1. The number of ketones is 2. The van der Waals surface area contributed by atoms with Gasteiger partial charge in [-0.1, -0.05) is 90.3 Å². The van der Waals surface area contributed by atoms with E-state index in [0.717, 1.165) is 58.9 Å². The first kappa shape index (κ1) is 146. The predicted octanol–water partition coefficient (Wildman–Crippen LogP) is 11.2. The van der Waals surface area contributed by atoms with Gasteiger partial charge in [0, 0.05) is 51.5 Å². The van der Waals surface area contributed by atoms with Crippen LogP contribution in [-0.4, -0.2) is 266 Å². The molecule has 1 fully saturated rings. The number of aliphatic hydroxyl groups excluding tert-OH is 1. The number of sulfone groups is 1. The molecule has 3 atom stereocenters. The van der Waals surface area contributed by atoms with E-state index in [1.54, 1.807) is 81.1 Å². The number of aryl methyl sites for hydroxylation is 3. The van der Waals surface area contributed by atoms with Gasteiger partial charge in [0.05, 0.1) is 154 Å². The zero-order valence-electron chi connectivity index (χ0n) is 84.1. The number of hydrogen-bond donors (Lipinski definition) is 2. The molecule has 2 unspecified atom stereocenters. The number of fused-ring (bicyclic) bond motifs is 1. The predicted molar refractivity (Wildman–Crippen MR) is 533 cm³/mol. The minimum absolute atomic E-state index is 0. The van der Waals surface area contributed by atoms with Gasteiger partial charge >= 0.3 is 75.3 Å². The molecule has 1 spiro atoms. The number of aliphatic hydroxyl groups is 1. The molecule has 54 heteroatoms. The van der Waals surface area contributed by atoms with Gasteiger partial charge < -0.3 is 89.8 Å². The Labute approximate surface area is 883 Å². The summed E-state index contributed by atoms with van der Waals surface area (Å²) in [4.78, 5) is 165. The van der Waals surface area contributed by atoms with Crippen LogP contribution in [0.1, 0.15) is 142 Å². The first-order chi connectivity index (χ1) is 70.1. The Hall–Kier alpha value is -15.0. The van der Waals surface area contributed by atoms with Gasteiger partial charge in [0.1, 0.15) is 69.0 Å². The highest BCUT2D eigenvalue weighted by atomic mass is 35.5. The lowest BCUT2D eigenvalue weighted by atomic mass is 9.72. The molecule has 10 rings (SSSR count). The minimum Gasteiger partial charge on any atom is -0.515 e. The van der Waals surface area contributed by atoms with Gasteiger partial charge in [-0.15, -0.1) is 24.8 Å². The smallest absolute Gasteiger partial charge is 0.515 e. The van der Waals surface area contributed by atoms with E-state index < -0.39 is 98.7 Å². The van der Waals surface area contributed by atoms with Crippen molar-refractivity contribution in [1.82, 2.24) is 8.61 Å². The number of Topliss-reactive ketones (excluding diaryl/α,β-unsaturated/α-hetero) is 2. The Bertz CT molecular complexity index is 6020. The first-order valence-corrected chi connectivity index (χ1v) is 48.1. The normalized spacial score (nSPS) is 13.1. The topological polar surface area (TPSA) is 690 Å². The number of carbonyl (C=O) groups excluding carboxylic acids is 16. The Morgan fingerprint density at radius 1 is 0.573 bits per heavy atom. The van der Waals surface area contributed by atoms with Crippen molar-refractivity contribution in [3.63, 3.8) is 0 Å². The summed E-state index contributed by atoms with van der Waals surface area (Å²) in [5, 5.41) is 20.2. The number of rotatable bonds is 31. The fraction of sp³-hybridized carbons (Fsp3) is 0.344.